The summed E-state index contributed by atoms with van der Waals surface area (Å²) < 4.78 is 11.8. The van der Waals surface area contributed by atoms with Crippen LogP contribution in [0.2, 0.25) is 0 Å². The second kappa shape index (κ2) is 5.74. The quantitative estimate of drug-likeness (QED) is 0.620. The second-order valence-electron chi connectivity index (χ2n) is 4.89. The maximum absolute atomic E-state index is 5.89. The van der Waals surface area contributed by atoms with E-state index < -0.39 is 5.60 Å². The predicted octanol–water partition coefficient (Wildman–Crippen LogP) is 3.14. The number of nitrogens with one attached hydrogen (secondary N) is 1. The van der Waals surface area contributed by atoms with Crippen molar-refractivity contribution in [2.75, 3.05) is 6.61 Å². The smallest absolute Gasteiger partial charge is 0.134 e. The van der Waals surface area contributed by atoms with Gasteiger partial charge in [0.2, 0.25) is 0 Å². The van der Waals surface area contributed by atoms with Gasteiger partial charge in [-0.2, -0.15) is 0 Å². The van der Waals surface area contributed by atoms with Crippen LogP contribution in [0.3, 0.4) is 0 Å². The van der Waals surface area contributed by atoms with E-state index in [4.69, 9.17) is 15.0 Å². The van der Waals surface area contributed by atoms with Crippen LogP contribution < -0.4 is 11.3 Å². The Kier molecular flexibility index (Phi) is 4.24. The summed E-state index contributed by atoms with van der Waals surface area (Å²) in [6.45, 7) is 6.76. The molecule has 0 saturated heterocycles. The van der Waals surface area contributed by atoms with Crippen LogP contribution in [0.5, 0.6) is 0 Å². The van der Waals surface area contributed by atoms with E-state index in [0.717, 1.165) is 23.2 Å². The lowest BCUT2D eigenvalue weighted by Crippen LogP contribution is -2.46. The third kappa shape index (κ3) is 2.66. The summed E-state index contributed by atoms with van der Waals surface area (Å²) in [5.41, 5.74) is 3.31. The van der Waals surface area contributed by atoms with Gasteiger partial charge in [0, 0.05) is 12.0 Å². The maximum Gasteiger partial charge on any atom is 0.134 e. The molecule has 4 nitrogen and oxygen atoms in total. The number of nitrogens with two attached hydrogens (primary N) is 1. The van der Waals surface area contributed by atoms with Crippen LogP contribution in [0.15, 0.2) is 34.7 Å². The minimum absolute atomic E-state index is 0.176. The number of hydrogen-bond acceptors (Lipinski definition) is 4. The minimum atomic E-state index is -0.391. The van der Waals surface area contributed by atoms with Crippen molar-refractivity contribution < 1.29 is 9.15 Å². The first-order valence-corrected chi connectivity index (χ1v) is 6.73. The first-order valence-electron chi connectivity index (χ1n) is 6.73. The molecule has 0 radical (unpaired) electrons. The number of benzene rings is 1. The van der Waals surface area contributed by atoms with Crippen molar-refractivity contribution in [3.8, 4) is 0 Å². The zero-order chi connectivity index (χ0) is 13.9. The van der Waals surface area contributed by atoms with E-state index in [2.05, 4.69) is 12.3 Å². The number of para-hydroxylation sites is 1. The van der Waals surface area contributed by atoms with Gasteiger partial charge in [-0.3, -0.25) is 5.84 Å². The molecule has 0 aliphatic carbocycles. The molecule has 0 bridgehead atoms. The van der Waals surface area contributed by atoms with Gasteiger partial charge < -0.3 is 9.15 Å². The number of ether oxygens (including phenoxy) is 1. The van der Waals surface area contributed by atoms with Crippen LogP contribution in [-0.4, -0.2) is 12.2 Å². The van der Waals surface area contributed by atoms with Crippen molar-refractivity contribution in [1.82, 2.24) is 5.43 Å². The lowest BCUT2D eigenvalue weighted by molar-refractivity contribution is -0.0606. The Morgan fingerprint density at radius 3 is 2.68 bits per heavy atom. The summed E-state index contributed by atoms with van der Waals surface area (Å²) in [5.74, 6) is 6.54. The van der Waals surface area contributed by atoms with Crippen molar-refractivity contribution >= 4 is 11.0 Å². The molecular weight excluding hydrogens is 240 g/mol. The Bertz CT molecular complexity index is 505. The number of furan rings is 1. The average molecular weight is 262 g/mol. The van der Waals surface area contributed by atoms with Gasteiger partial charge in [-0.15, -0.1) is 0 Å². The van der Waals surface area contributed by atoms with Crippen molar-refractivity contribution in [3.05, 3.63) is 36.1 Å². The van der Waals surface area contributed by atoms with Crippen LogP contribution in [-0.2, 0) is 4.74 Å². The molecule has 3 N–H and O–H groups in total. The fourth-order valence-electron chi connectivity index (χ4n) is 2.42. The van der Waals surface area contributed by atoms with Gasteiger partial charge in [0.25, 0.3) is 0 Å². The summed E-state index contributed by atoms with van der Waals surface area (Å²) in [6.07, 6.45) is 0.840. The Labute approximate surface area is 113 Å². The van der Waals surface area contributed by atoms with E-state index in [1.807, 2.05) is 44.2 Å². The molecule has 0 aliphatic rings. The number of fused-ring (bicyclic) bond motifs is 1. The number of hydrazine groups is 1. The van der Waals surface area contributed by atoms with Crippen molar-refractivity contribution in [1.29, 1.82) is 0 Å². The molecular formula is C15H22N2O2. The highest BCUT2D eigenvalue weighted by molar-refractivity contribution is 5.77. The molecule has 104 valence electrons. The van der Waals surface area contributed by atoms with Crippen LogP contribution in [0.25, 0.3) is 11.0 Å². The third-order valence-electron chi connectivity index (χ3n) is 3.68. The lowest BCUT2D eigenvalue weighted by Gasteiger charge is -2.35. The molecule has 2 aromatic rings. The van der Waals surface area contributed by atoms with Gasteiger partial charge >= 0.3 is 0 Å². The van der Waals surface area contributed by atoms with Gasteiger partial charge in [0.05, 0.1) is 5.60 Å². The van der Waals surface area contributed by atoms with Crippen LogP contribution in [0.1, 0.15) is 39.0 Å². The molecule has 1 heterocycles. The molecule has 0 saturated carbocycles. The summed E-state index contributed by atoms with van der Waals surface area (Å²) in [5, 5.41) is 1.08. The van der Waals surface area contributed by atoms with Crippen LogP contribution in [0.4, 0.5) is 0 Å². The first-order chi connectivity index (χ1) is 9.14. The normalized spacial score (nSPS) is 16.4. The topological polar surface area (TPSA) is 60.4 Å². The molecule has 2 unspecified atom stereocenters. The zero-order valence-corrected chi connectivity index (χ0v) is 11.8. The molecule has 2 atom stereocenters. The SMILES string of the molecule is CCOC(C)(CC)C(NN)c1cc2ccccc2o1. The Morgan fingerprint density at radius 1 is 1.37 bits per heavy atom. The molecule has 0 amide bonds. The number of hydrogen-bond donors (Lipinski definition) is 2. The average Bonchev–Trinajstić information content (AvgIpc) is 2.83. The molecule has 1 aromatic heterocycles. The van der Waals surface area contributed by atoms with E-state index in [1.54, 1.807) is 0 Å². The van der Waals surface area contributed by atoms with Gasteiger partial charge in [0.1, 0.15) is 17.4 Å². The molecule has 1 aromatic carbocycles. The third-order valence-corrected chi connectivity index (χ3v) is 3.68. The second-order valence-corrected chi connectivity index (χ2v) is 4.89. The minimum Gasteiger partial charge on any atom is -0.459 e. The fourth-order valence-corrected chi connectivity index (χ4v) is 2.42. The molecule has 0 aliphatic heterocycles. The van der Waals surface area contributed by atoms with Gasteiger partial charge in [-0.05, 0) is 32.4 Å². The van der Waals surface area contributed by atoms with Crippen LogP contribution >= 0.6 is 0 Å². The van der Waals surface area contributed by atoms with Crippen molar-refractivity contribution in [2.24, 2.45) is 5.84 Å². The molecule has 2 rings (SSSR count). The lowest BCUT2D eigenvalue weighted by atomic mass is 9.91. The molecule has 19 heavy (non-hydrogen) atoms. The first kappa shape index (κ1) is 14.1. The highest BCUT2D eigenvalue weighted by atomic mass is 16.5. The summed E-state index contributed by atoms with van der Waals surface area (Å²) in [4.78, 5) is 0. The summed E-state index contributed by atoms with van der Waals surface area (Å²) in [7, 11) is 0. The highest BCUT2D eigenvalue weighted by Crippen LogP contribution is 2.34. The summed E-state index contributed by atoms with van der Waals surface area (Å²) >= 11 is 0. The molecule has 0 fully saturated rings. The van der Waals surface area contributed by atoms with Crippen molar-refractivity contribution in [2.45, 2.75) is 38.8 Å². The zero-order valence-electron chi connectivity index (χ0n) is 11.8. The van der Waals surface area contributed by atoms with E-state index in [-0.39, 0.29) is 6.04 Å². The van der Waals surface area contributed by atoms with E-state index >= 15 is 0 Å². The maximum atomic E-state index is 5.89. The van der Waals surface area contributed by atoms with Crippen molar-refractivity contribution in [3.63, 3.8) is 0 Å². The van der Waals surface area contributed by atoms with E-state index in [1.165, 1.54) is 0 Å². The fraction of sp³-hybridized carbons (Fsp3) is 0.467. The largest absolute Gasteiger partial charge is 0.459 e. The van der Waals surface area contributed by atoms with E-state index in [0.29, 0.717) is 6.61 Å². The van der Waals surface area contributed by atoms with E-state index in [9.17, 15) is 0 Å². The predicted molar refractivity (Wildman–Crippen MR) is 76.6 cm³/mol. The van der Waals surface area contributed by atoms with Crippen LogP contribution in [0, 0.1) is 0 Å². The standard InChI is InChI=1S/C15H22N2O2/c1-4-15(3,18-5-2)14(17-16)13-10-11-8-6-7-9-12(11)19-13/h6-10,14,17H,4-5,16H2,1-3H3. The Hall–Kier alpha value is -1.36. The summed E-state index contributed by atoms with van der Waals surface area (Å²) in [6, 6.07) is 9.78. The Balaban J connectivity index is 2.40. The van der Waals surface area contributed by atoms with Gasteiger partial charge in [-0.1, -0.05) is 25.1 Å². The highest BCUT2D eigenvalue weighted by Gasteiger charge is 2.36. The molecule has 4 heteroatoms. The van der Waals surface area contributed by atoms with Gasteiger partial charge in [0.15, 0.2) is 0 Å². The monoisotopic (exact) mass is 262 g/mol. The van der Waals surface area contributed by atoms with Gasteiger partial charge in [-0.25, -0.2) is 5.43 Å². The Morgan fingerprint density at radius 2 is 2.11 bits per heavy atom. The molecule has 0 spiro atoms. The number of rotatable bonds is 6.